The molecule has 4 rings (SSSR count). The van der Waals surface area contributed by atoms with Crippen LogP contribution < -0.4 is 33.8 Å². The summed E-state index contributed by atoms with van der Waals surface area (Å²) < 4.78 is 30.5. The van der Waals surface area contributed by atoms with Gasteiger partial charge in [0.1, 0.15) is 0 Å². The predicted molar refractivity (Wildman–Crippen MR) is 163 cm³/mol. The Morgan fingerprint density at radius 3 is 2.48 bits per heavy atom. The Balaban J connectivity index is 1.91. The second-order valence-corrected chi connectivity index (χ2v) is 10.7. The van der Waals surface area contributed by atoms with Crippen molar-refractivity contribution in [1.29, 1.82) is 0 Å². The average Bonchev–Trinajstić information content (AvgIpc) is 3.29. The molecule has 3 aromatic rings. The normalized spacial score (nSPS) is 14.7. The van der Waals surface area contributed by atoms with Crippen molar-refractivity contribution in [2.75, 3.05) is 34.0 Å². The van der Waals surface area contributed by atoms with Gasteiger partial charge >= 0.3 is 5.97 Å². The van der Waals surface area contributed by atoms with Crippen molar-refractivity contribution in [2.45, 2.75) is 53.0 Å². The van der Waals surface area contributed by atoms with Gasteiger partial charge in [0, 0.05) is 5.56 Å². The van der Waals surface area contributed by atoms with Gasteiger partial charge in [-0.05, 0) is 56.5 Å². The average molecular weight is 595 g/mol. The summed E-state index contributed by atoms with van der Waals surface area (Å²) in [4.78, 5) is 32.5. The standard InChI is InChI=1S/C32H38N2O7S/c1-7-10-17-40-23-15-14-21(18-25(23)38-6)28-27(31(36)39-9-3)20(4)33-32-34(28)30(35)26(42-32)19-22-12-11-13-24(37-5)29(22)41-16-8-2/h11-15,18-19,28H,7-10,16-17H2,1-6H3/b26-19+. The second kappa shape index (κ2) is 14.2. The Morgan fingerprint density at radius 1 is 1.00 bits per heavy atom. The molecule has 0 amide bonds. The van der Waals surface area contributed by atoms with Crippen LogP contribution in [0.4, 0.5) is 0 Å². The van der Waals surface area contributed by atoms with E-state index in [1.165, 1.54) is 11.3 Å². The number of nitrogens with zero attached hydrogens (tertiary/aromatic N) is 2. The second-order valence-electron chi connectivity index (χ2n) is 9.64. The summed E-state index contributed by atoms with van der Waals surface area (Å²) in [5, 5.41) is 0. The minimum Gasteiger partial charge on any atom is -0.493 e. The number of methoxy groups -OCH3 is 2. The number of hydrogen-bond acceptors (Lipinski definition) is 9. The molecule has 0 aliphatic carbocycles. The summed E-state index contributed by atoms with van der Waals surface area (Å²) >= 11 is 1.25. The molecule has 0 saturated heterocycles. The Bertz CT molecular complexity index is 1640. The molecule has 1 aromatic heterocycles. The highest BCUT2D eigenvalue weighted by atomic mass is 32.1. The number of carbonyl (C=O) groups is 1. The molecule has 0 bridgehead atoms. The third-order valence-electron chi connectivity index (χ3n) is 6.74. The molecule has 1 aliphatic rings. The smallest absolute Gasteiger partial charge is 0.338 e. The van der Waals surface area contributed by atoms with Gasteiger partial charge in [-0.2, -0.15) is 0 Å². The summed E-state index contributed by atoms with van der Waals surface area (Å²) in [6.07, 6.45) is 4.52. The Kier molecular flexibility index (Phi) is 10.5. The van der Waals surface area contributed by atoms with Crippen LogP contribution >= 0.6 is 11.3 Å². The zero-order valence-electron chi connectivity index (χ0n) is 25.0. The first kappa shape index (κ1) is 30.9. The highest BCUT2D eigenvalue weighted by Crippen LogP contribution is 2.36. The molecular formula is C32H38N2O7S. The lowest BCUT2D eigenvalue weighted by Gasteiger charge is -2.25. The van der Waals surface area contributed by atoms with E-state index < -0.39 is 12.0 Å². The van der Waals surface area contributed by atoms with Gasteiger partial charge in [0.15, 0.2) is 27.8 Å². The fraction of sp³-hybridized carbons (Fsp3) is 0.406. The van der Waals surface area contributed by atoms with E-state index in [-0.39, 0.29) is 12.2 Å². The maximum atomic E-state index is 14.1. The van der Waals surface area contributed by atoms with Crippen molar-refractivity contribution >= 4 is 23.4 Å². The topological polar surface area (TPSA) is 97.6 Å². The van der Waals surface area contributed by atoms with Gasteiger partial charge in [0.2, 0.25) is 0 Å². The predicted octanol–water partition coefficient (Wildman–Crippen LogP) is 4.78. The number of carbonyl (C=O) groups excluding carboxylic acids is 1. The van der Waals surface area contributed by atoms with Crippen LogP contribution in [0.25, 0.3) is 6.08 Å². The largest absolute Gasteiger partial charge is 0.493 e. The summed E-state index contributed by atoms with van der Waals surface area (Å²) in [6, 6.07) is 10.2. The van der Waals surface area contributed by atoms with Gasteiger partial charge in [-0.25, -0.2) is 9.79 Å². The van der Waals surface area contributed by atoms with Crippen LogP contribution in [-0.4, -0.2) is 44.6 Å². The number of benzene rings is 2. The van der Waals surface area contributed by atoms with Crippen molar-refractivity contribution < 1.29 is 28.5 Å². The maximum Gasteiger partial charge on any atom is 0.338 e. The third kappa shape index (κ3) is 6.38. The van der Waals surface area contributed by atoms with Crippen molar-refractivity contribution in [3.05, 3.63) is 78.5 Å². The number of aromatic nitrogens is 1. The monoisotopic (exact) mass is 594 g/mol. The molecule has 10 heteroatoms. The first-order valence-corrected chi connectivity index (χ1v) is 15.0. The molecule has 0 saturated carbocycles. The quantitative estimate of drug-likeness (QED) is 0.208. The van der Waals surface area contributed by atoms with Gasteiger partial charge in [-0.15, -0.1) is 0 Å². The molecule has 42 heavy (non-hydrogen) atoms. The highest BCUT2D eigenvalue weighted by molar-refractivity contribution is 7.07. The van der Waals surface area contributed by atoms with E-state index in [1.54, 1.807) is 44.8 Å². The molecule has 1 aliphatic heterocycles. The summed E-state index contributed by atoms with van der Waals surface area (Å²) in [5.41, 5.74) is 1.88. The van der Waals surface area contributed by atoms with E-state index in [9.17, 15) is 9.59 Å². The fourth-order valence-electron chi connectivity index (χ4n) is 4.71. The Hall–Kier alpha value is -4.05. The lowest BCUT2D eigenvalue weighted by molar-refractivity contribution is -0.139. The zero-order valence-corrected chi connectivity index (χ0v) is 25.8. The first-order valence-electron chi connectivity index (χ1n) is 14.2. The molecule has 2 heterocycles. The number of fused-ring (bicyclic) bond motifs is 1. The van der Waals surface area contributed by atoms with E-state index in [0.717, 1.165) is 19.3 Å². The molecular weight excluding hydrogens is 556 g/mol. The number of esters is 1. The van der Waals surface area contributed by atoms with Crippen molar-refractivity contribution in [2.24, 2.45) is 4.99 Å². The van der Waals surface area contributed by atoms with E-state index in [2.05, 4.69) is 11.9 Å². The van der Waals surface area contributed by atoms with Crippen LogP contribution in [0.1, 0.15) is 64.1 Å². The fourth-order valence-corrected chi connectivity index (χ4v) is 5.75. The Labute approximate surface area is 249 Å². The number of rotatable bonds is 13. The van der Waals surface area contributed by atoms with Crippen LogP contribution in [0.5, 0.6) is 23.0 Å². The number of para-hydroxylation sites is 1. The van der Waals surface area contributed by atoms with Gasteiger partial charge in [-0.3, -0.25) is 9.36 Å². The number of hydrogen-bond donors (Lipinski definition) is 0. The molecule has 0 N–H and O–H groups in total. The minimum atomic E-state index is -0.776. The summed E-state index contributed by atoms with van der Waals surface area (Å²) in [7, 11) is 3.15. The highest BCUT2D eigenvalue weighted by Gasteiger charge is 2.34. The zero-order chi connectivity index (χ0) is 30.2. The number of unbranched alkanes of at least 4 members (excludes halogenated alkanes) is 1. The van der Waals surface area contributed by atoms with Gasteiger partial charge in [0.05, 0.1) is 55.9 Å². The maximum absolute atomic E-state index is 14.1. The Morgan fingerprint density at radius 2 is 1.79 bits per heavy atom. The third-order valence-corrected chi connectivity index (χ3v) is 7.73. The number of ether oxygens (including phenoxy) is 5. The van der Waals surface area contributed by atoms with Crippen LogP contribution in [-0.2, 0) is 9.53 Å². The van der Waals surface area contributed by atoms with Gasteiger partial charge in [-0.1, -0.05) is 49.8 Å². The molecule has 0 fully saturated rings. The first-order chi connectivity index (χ1) is 20.4. The molecule has 1 unspecified atom stereocenters. The van der Waals surface area contributed by atoms with E-state index in [0.29, 0.717) is 67.9 Å². The lowest BCUT2D eigenvalue weighted by atomic mass is 9.95. The lowest BCUT2D eigenvalue weighted by Crippen LogP contribution is -2.40. The van der Waals surface area contributed by atoms with Crippen LogP contribution in [0, 0.1) is 0 Å². The van der Waals surface area contributed by atoms with Gasteiger partial charge in [0.25, 0.3) is 5.56 Å². The summed E-state index contributed by atoms with van der Waals surface area (Å²) in [5.74, 6) is 1.73. The molecule has 0 radical (unpaired) electrons. The van der Waals surface area contributed by atoms with E-state index in [1.807, 2.05) is 37.3 Å². The number of allylic oxidation sites excluding steroid dienone is 1. The van der Waals surface area contributed by atoms with Crippen LogP contribution in [0.3, 0.4) is 0 Å². The molecule has 2 aromatic carbocycles. The number of thiazole rings is 1. The molecule has 0 spiro atoms. The minimum absolute atomic E-state index is 0.191. The van der Waals surface area contributed by atoms with Crippen molar-refractivity contribution in [3.8, 4) is 23.0 Å². The molecule has 9 nitrogen and oxygen atoms in total. The molecule has 224 valence electrons. The van der Waals surface area contributed by atoms with E-state index in [4.69, 9.17) is 23.7 Å². The van der Waals surface area contributed by atoms with Gasteiger partial charge < -0.3 is 23.7 Å². The van der Waals surface area contributed by atoms with Crippen LogP contribution in [0.2, 0.25) is 0 Å². The van der Waals surface area contributed by atoms with E-state index >= 15 is 0 Å². The van der Waals surface area contributed by atoms with Crippen molar-refractivity contribution in [3.63, 3.8) is 0 Å². The SMILES string of the molecule is CCCCOc1ccc(C2C(C(=O)OCC)=C(C)N=c3s/c(=C/c4cccc(OC)c4OCCC)c(=O)n32)cc1OC. The molecule has 1 atom stereocenters. The van der Waals surface area contributed by atoms with Crippen molar-refractivity contribution in [1.82, 2.24) is 4.57 Å². The summed E-state index contributed by atoms with van der Waals surface area (Å²) in [6.45, 7) is 8.88. The van der Waals surface area contributed by atoms with Crippen LogP contribution in [0.15, 0.2) is 57.5 Å².